The zero-order valence-electron chi connectivity index (χ0n) is 16.0. The number of aliphatic hydroxyl groups excluding tert-OH is 1. The third-order valence-electron chi connectivity index (χ3n) is 4.66. The molecule has 1 N–H and O–H groups in total. The van der Waals surface area contributed by atoms with Gasteiger partial charge in [-0.05, 0) is 42.3 Å². The summed E-state index contributed by atoms with van der Waals surface area (Å²) in [7, 11) is 0. The molecule has 1 aromatic carbocycles. The molecule has 0 aliphatic carbocycles. The van der Waals surface area contributed by atoms with Crippen LogP contribution in [0, 0.1) is 11.2 Å². The van der Waals surface area contributed by atoms with E-state index < -0.39 is 5.41 Å². The van der Waals surface area contributed by atoms with Crippen LogP contribution < -0.4 is 9.80 Å². The highest BCUT2D eigenvalue weighted by Crippen LogP contribution is 2.26. The summed E-state index contributed by atoms with van der Waals surface area (Å²) in [6.07, 6.45) is 2.21. The number of β-amino-alcohol motifs (C(OH)–C–C–N with tert-alkyl or cyclic N) is 1. The minimum absolute atomic E-state index is 0.0409. The minimum Gasteiger partial charge on any atom is -0.391 e. The van der Waals surface area contributed by atoms with Gasteiger partial charge in [0.15, 0.2) is 0 Å². The molecule has 1 aliphatic rings. The molecule has 144 valence electrons. The van der Waals surface area contributed by atoms with Gasteiger partial charge in [0.05, 0.1) is 12.6 Å². The van der Waals surface area contributed by atoms with Crippen LogP contribution in [0.4, 0.5) is 15.9 Å². The van der Waals surface area contributed by atoms with E-state index in [1.165, 1.54) is 12.1 Å². The topological polar surface area (TPSA) is 56.7 Å². The number of halogens is 1. The zero-order valence-corrected chi connectivity index (χ0v) is 16.0. The molecule has 0 radical (unpaired) electrons. The van der Waals surface area contributed by atoms with Crippen LogP contribution in [0.3, 0.4) is 0 Å². The summed E-state index contributed by atoms with van der Waals surface area (Å²) in [5, 5.41) is 9.68. The van der Waals surface area contributed by atoms with E-state index in [4.69, 9.17) is 0 Å². The molecule has 2 aromatic rings. The molecule has 1 amide bonds. The fourth-order valence-electron chi connectivity index (χ4n) is 3.14. The Morgan fingerprint density at radius 3 is 2.48 bits per heavy atom. The van der Waals surface area contributed by atoms with Crippen molar-refractivity contribution in [1.29, 1.82) is 0 Å². The molecule has 1 atom stereocenters. The first-order valence-electron chi connectivity index (χ1n) is 9.19. The third kappa shape index (κ3) is 4.63. The van der Waals surface area contributed by atoms with Crippen LogP contribution in [-0.2, 0) is 11.3 Å². The highest BCUT2D eigenvalue weighted by molar-refractivity contribution is 5.96. The van der Waals surface area contributed by atoms with E-state index in [0.29, 0.717) is 18.8 Å². The lowest BCUT2D eigenvalue weighted by atomic mass is 9.94. The number of hydrogen-bond donors (Lipinski definition) is 1. The van der Waals surface area contributed by atoms with Gasteiger partial charge in [0.2, 0.25) is 5.91 Å². The minimum atomic E-state index is -0.562. The lowest BCUT2D eigenvalue weighted by Crippen LogP contribution is -2.39. The number of anilines is 2. The number of rotatable bonds is 4. The quantitative estimate of drug-likeness (QED) is 0.895. The molecule has 2 heterocycles. The number of amides is 1. The fraction of sp³-hybridized carbons (Fsp3) is 0.429. The van der Waals surface area contributed by atoms with Crippen LogP contribution in [-0.4, -0.2) is 35.2 Å². The predicted molar refractivity (Wildman–Crippen MR) is 104 cm³/mol. The van der Waals surface area contributed by atoms with Crippen molar-refractivity contribution in [3.05, 3.63) is 54.0 Å². The maximum atomic E-state index is 13.3. The summed E-state index contributed by atoms with van der Waals surface area (Å²) >= 11 is 0. The van der Waals surface area contributed by atoms with Crippen LogP contribution in [0.2, 0.25) is 0 Å². The van der Waals surface area contributed by atoms with Gasteiger partial charge in [-0.2, -0.15) is 0 Å². The first-order valence-corrected chi connectivity index (χ1v) is 9.19. The van der Waals surface area contributed by atoms with Crippen molar-refractivity contribution in [2.75, 3.05) is 22.9 Å². The number of aromatic nitrogens is 1. The van der Waals surface area contributed by atoms with Crippen molar-refractivity contribution in [2.45, 2.75) is 39.8 Å². The van der Waals surface area contributed by atoms with Crippen molar-refractivity contribution in [1.82, 2.24) is 4.98 Å². The van der Waals surface area contributed by atoms with Crippen LogP contribution in [0.5, 0.6) is 0 Å². The monoisotopic (exact) mass is 371 g/mol. The molecule has 0 unspecified atom stereocenters. The molecule has 27 heavy (non-hydrogen) atoms. The van der Waals surface area contributed by atoms with Crippen molar-refractivity contribution in [3.8, 4) is 0 Å². The number of nitrogens with zero attached hydrogens (tertiary/aromatic N) is 3. The van der Waals surface area contributed by atoms with Gasteiger partial charge < -0.3 is 14.9 Å². The second kappa shape index (κ2) is 7.64. The second-order valence-electron chi connectivity index (χ2n) is 8.03. The van der Waals surface area contributed by atoms with Gasteiger partial charge in [-0.3, -0.25) is 4.79 Å². The van der Waals surface area contributed by atoms with Gasteiger partial charge in [-0.1, -0.05) is 26.8 Å². The van der Waals surface area contributed by atoms with Crippen LogP contribution >= 0.6 is 0 Å². The summed E-state index contributed by atoms with van der Waals surface area (Å²) in [5.74, 6) is 0.451. The van der Waals surface area contributed by atoms with Crippen LogP contribution in [0.25, 0.3) is 0 Å². The van der Waals surface area contributed by atoms with E-state index in [2.05, 4.69) is 4.98 Å². The van der Waals surface area contributed by atoms with Gasteiger partial charge >= 0.3 is 0 Å². The van der Waals surface area contributed by atoms with Crippen molar-refractivity contribution < 1.29 is 14.3 Å². The molecule has 0 bridgehead atoms. The van der Waals surface area contributed by atoms with E-state index in [-0.39, 0.29) is 17.8 Å². The van der Waals surface area contributed by atoms with E-state index >= 15 is 0 Å². The molecule has 1 aromatic heterocycles. The molecule has 3 rings (SSSR count). The van der Waals surface area contributed by atoms with E-state index in [9.17, 15) is 14.3 Å². The molecule has 0 spiro atoms. The first-order chi connectivity index (χ1) is 12.7. The highest BCUT2D eigenvalue weighted by atomic mass is 19.1. The molecule has 1 aliphatic heterocycles. The number of aliphatic hydroxyl groups is 1. The Bertz CT molecular complexity index is 785. The maximum Gasteiger partial charge on any atom is 0.232 e. The summed E-state index contributed by atoms with van der Waals surface area (Å²) < 4.78 is 13.3. The second-order valence-corrected chi connectivity index (χ2v) is 8.03. The number of carbonyl (C=O) groups excluding carboxylic acids is 1. The molecular weight excluding hydrogens is 345 g/mol. The Morgan fingerprint density at radius 1 is 1.26 bits per heavy atom. The van der Waals surface area contributed by atoms with Gasteiger partial charge in [0.25, 0.3) is 0 Å². The lowest BCUT2D eigenvalue weighted by Gasteiger charge is -2.30. The summed E-state index contributed by atoms with van der Waals surface area (Å²) in [6.45, 7) is 7.34. The van der Waals surface area contributed by atoms with Gasteiger partial charge in [-0.25, -0.2) is 9.37 Å². The number of hydrogen-bond acceptors (Lipinski definition) is 4. The molecular formula is C21H26FN3O2. The zero-order chi connectivity index (χ0) is 19.6. The average Bonchev–Trinajstić information content (AvgIpc) is 3.06. The van der Waals surface area contributed by atoms with Crippen LogP contribution in [0.1, 0.15) is 32.8 Å². The van der Waals surface area contributed by atoms with Crippen molar-refractivity contribution in [2.24, 2.45) is 5.41 Å². The Hall–Kier alpha value is -2.47. The number of carbonyl (C=O) groups is 1. The predicted octanol–water partition coefficient (Wildman–Crippen LogP) is 3.37. The van der Waals surface area contributed by atoms with E-state index in [0.717, 1.165) is 24.3 Å². The molecule has 1 saturated heterocycles. The summed E-state index contributed by atoms with van der Waals surface area (Å²) in [5.41, 5.74) is 0.983. The normalized spacial score (nSPS) is 17.2. The molecule has 5 nitrogen and oxygen atoms in total. The maximum absolute atomic E-state index is 13.3. The molecule has 0 saturated carbocycles. The largest absolute Gasteiger partial charge is 0.391 e. The Kier molecular flexibility index (Phi) is 5.46. The standard InChI is InChI=1S/C21H26FN3O2/c1-21(2,3)20(27)25(17-7-5-16(22)6-8-17)13-15-4-9-19(23-12-15)24-11-10-18(26)14-24/h4-9,12,18,26H,10-11,13-14H2,1-3H3/t18-/m0/s1. The van der Waals surface area contributed by atoms with Crippen LogP contribution in [0.15, 0.2) is 42.6 Å². The highest BCUT2D eigenvalue weighted by Gasteiger charge is 2.28. The summed E-state index contributed by atoms with van der Waals surface area (Å²) in [4.78, 5) is 21.1. The Balaban J connectivity index is 1.81. The smallest absolute Gasteiger partial charge is 0.232 e. The van der Waals surface area contributed by atoms with Gasteiger partial charge in [-0.15, -0.1) is 0 Å². The van der Waals surface area contributed by atoms with E-state index in [1.807, 2.05) is 37.8 Å². The fourth-order valence-corrected chi connectivity index (χ4v) is 3.14. The summed E-state index contributed by atoms with van der Waals surface area (Å²) in [6, 6.07) is 9.81. The Labute approximate surface area is 159 Å². The Morgan fingerprint density at radius 2 is 1.96 bits per heavy atom. The third-order valence-corrected chi connectivity index (χ3v) is 4.66. The number of benzene rings is 1. The van der Waals surface area contributed by atoms with E-state index in [1.54, 1.807) is 23.2 Å². The SMILES string of the molecule is CC(C)(C)C(=O)N(Cc1ccc(N2CC[C@H](O)C2)nc1)c1ccc(F)cc1. The molecule has 6 heteroatoms. The average molecular weight is 371 g/mol. The van der Waals surface area contributed by atoms with Crippen molar-refractivity contribution >= 4 is 17.4 Å². The first kappa shape index (κ1) is 19.3. The van der Waals surface area contributed by atoms with Crippen molar-refractivity contribution in [3.63, 3.8) is 0 Å². The van der Waals surface area contributed by atoms with Gasteiger partial charge in [0.1, 0.15) is 11.6 Å². The molecule has 1 fully saturated rings. The van der Waals surface area contributed by atoms with Gasteiger partial charge in [0, 0.05) is 30.4 Å². The number of pyridine rings is 1. The lowest BCUT2D eigenvalue weighted by molar-refractivity contribution is -0.125.